The number of benzene rings is 1. The van der Waals surface area contributed by atoms with Crippen LogP contribution >= 0.6 is 15.9 Å². The molecule has 0 aliphatic heterocycles. The van der Waals surface area contributed by atoms with Gasteiger partial charge in [-0.3, -0.25) is 4.79 Å². The first kappa shape index (κ1) is 14.4. The monoisotopic (exact) mass is 310 g/mol. The van der Waals surface area contributed by atoms with E-state index in [0.29, 0.717) is 12.1 Å². The third-order valence-electron chi connectivity index (χ3n) is 2.32. The molecule has 2 N–H and O–H groups in total. The van der Waals surface area contributed by atoms with Gasteiger partial charge >= 0.3 is 0 Å². The Morgan fingerprint density at radius 3 is 2.61 bits per heavy atom. The highest BCUT2D eigenvalue weighted by Crippen LogP contribution is 2.10. The molecule has 0 spiro atoms. The molecule has 0 atom stereocenters. The largest absolute Gasteiger partial charge is 0.497 e. The Bertz CT molecular complexity index is 441. The van der Waals surface area contributed by atoms with Crippen LogP contribution in [0.1, 0.15) is 5.56 Å². The summed E-state index contributed by atoms with van der Waals surface area (Å²) in [5.41, 5.74) is 1.42. The van der Waals surface area contributed by atoms with E-state index in [1.54, 1.807) is 13.3 Å². The summed E-state index contributed by atoms with van der Waals surface area (Å²) in [6.45, 7) is 0.594. The van der Waals surface area contributed by atoms with Crippen molar-refractivity contribution >= 4 is 27.9 Å². The predicted octanol–water partition coefficient (Wildman–Crippen LogP) is 2.28. The number of alkyl halides is 1. The van der Waals surface area contributed by atoms with Gasteiger partial charge < -0.3 is 15.5 Å². The number of allylic oxidation sites excluding steroid dienone is 1. The summed E-state index contributed by atoms with van der Waals surface area (Å²) in [5, 5.41) is 10.4. The van der Waals surface area contributed by atoms with Gasteiger partial charge in [-0.25, -0.2) is 0 Å². The van der Waals surface area contributed by atoms with Crippen LogP contribution in [0.3, 0.4) is 0 Å². The molecule has 1 rings (SSSR count). The van der Waals surface area contributed by atoms with Crippen molar-refractivity contribution in [1.82, 2.24) is 5.32 Å². The van der Waals surface area contributed by atoms with Gasteiger partial charge in [0.05, 0.1) is 18.0 Å². The van der Waals surface area contributed by atoms with Crippen molar-refractivity contribution in [2.75, 3.05) is 12.4 Å². The first-order valence-corrected chi connectivity index (χ1v) is 6.49. The lowest BCUT2D eigenvalue weighted by molar-refractivity contribution is -0.112. The first-order valence-electron chi connectivity index (χ1n) is 5.37. The molecule has 0 bridgehead atoms. The number of ketones is 1. The molecule has 0 radical (unpaired) electrons. The fraction of sp³-hybridized carbons (Fsp3) is 0.231. The van der Waals surface area contributed by atoms with Crippen LogP contribution < -0.4 is 10.1 Å². The topological polar surface area (TPSA) is 62.2 Å². The number of Topliss-reactive ketones (excluding diaryl/α,β-unsaturated/α-hetero) is 1. The molecule has 4 nitrogen and oxygen atoms in total. The molecule has 0 aliphatic carbocycles. The molecule has 18 heavy (non-hydrogen) atoms. The quantitative estimate of drug-likeness (QED) is 0.461. The van der Waals surface area contributed by atoms with Gasteiger partial charge in [-0.2, -0.15) is 0 Å². The molecular formula is C13H15BrN2O2. The number of methoxy groups -OCH3 is 1. The van der Waals surface area contributed by atoms with E-state index in [1.807, 2.05) is 24.3 Å². The Hall–Kier alpha value is -1.62. The summed E-state index contributed by atoms with van der Waals surface area (Å²) < 4.78 is 5.06. The zero-order chi connectivity index (χ0) is 13.4. The summed E-state index contributed by atoms with van der Waals surface area (Å²) in [4.78, 5) is 11.3. The van der Waals surface area contributed by atoms with Gasteiger partial charge in [-0.1, -0.05) is 28.1 Å². The Morgan fingerprint density at radius 2 is 2.11 bits per heavy atom. The van der Waals surface area contributed by atoms with E-state index in [0.717, 1.165) is 17.5 Å². The minimum Gasteiger partial charge on any atom is -0.497 e. The molecule has 0 aliphatic rings. The van der Waals surface area contributed by atoms with Crippen LogP contribution in [0.5, 0.6) is 5.75 Å². The molecule has 0 aromatic heterocycles. The summed E-state index contributed by atoms with van der Waals surface area (Å²) in [7, 11) is 1.62. The van der Waals surface area contributed by atoms with Gasteiger partial charge in [-0.05, 0) is 17.7 Å². The van der Waals surface area contributed by atoms with Crippen molar-refractivity contribution in [2.45, 2.75) is 6.54 Å². The number of hydrogen-bond donors (Lipinski definition) is 2. The van der Waals surface area contributed by atoms with Crippen molar-refractivity contribution in [3.8, 4) is 5.75 Å². The molecule has 0 unspecified atom stereocenters. The lowest BCUT2D eigenvalue weighted by Crippen LogP contribution is -2.12. The molecule has 0 saturated carbocycles. The highest BCUT2D eigenvalue weighted by molar-refractivity contribution is 9.09. The zero-order valence-corrected chi connectivity index (χ0v) is 11.7. The van der Waals surface area contributed by atoms with Gasteiger partial charge in [-0.15, -0.1) is 0 Å². The van der Waals surface area contributed by atoms with Gasteiger partial charge in [0.1, 0.15) is 5.75 Å². The van der Waals surface area contributed by atoms with Gasteiger partial charge in [0.25, 0.3) is 0 Å². The molecule has 96 valence electrons. The standard InChI is InChI=1S/C13H15BrN2O2/c1-18-12-4-2-10(3-5-12)8-16-9-11(7-15)13(17)6-14/h2-5,7,9,15-16H,6,8H2,1H3/b11-9+,15-7?. The normalized spacial score (nSPS) is 10.9. The average molecular weight is 311 g/mol. The molecule has 0 amide bonds. The number of hydrogen-bond acceptors (Lipinski definition) is 4. The number of ether oxygens (including phenoxy) is 1. The molecule has 0 saturated heterocycles. The number of carbonyl (C=O) groups excluding carboxylic acids is 1. The van der Waals surface area contributed by atoms with Crippen molar-refractivity contribution in [3.63, 3.8) is 0 Å². The van der Waals surface area contributed by atoms with Crippen molar-refractivity contribution in [3.05, 3.63) is 41.6 Å². The lowest BCUT2D eigenvalue weighted by Gasteiger charge is -2.04. The van der Waals surface area contributed by atoms with Crippen LogP contribution in [0.4, 0.5) is 0 Å². The summed E-state index contributed by atoms with van der Waals surface area (Å²) in [5.74, 6) is 0.691. The molecular weight excluding hydrogens is 296 g/mol. The maximum atomic E-state index is 11.3. The van der Waals surface area contributed by atoms with Crippen LogP contribution in [-0.2, 0) is 11.3 Å². The number of nitrogens with one attached hydrogen (secondary N) is 2. The highest BCUT2D eigenvalue weighted by atomic mass is 79.9. The van der Waals surface area contributed by atoms with Crippen LogP contribution in [-0.4, -0.2) is 24.4 Å². The number of halogens is 1. The molecule has 1 aromatic carbocycles. The summed E-state index contributed by atoms with van der Waals surface area (Å²) >= 11 is 3.07. The minimum absolute atomic E-state index is 0.118. The Kier molecular flexibility index (Phi) is 6.14. The molecule has 0 fully saturated rings. The third kappa shape index (κ3) is 4.33. The molecule has 0 heterocycles. The predicted molar refractivity (Wildman–Crippen MR) is 75.5 cm³/mol. The van der Waals surface area contributed by atoms with Crippen LogP contribution in [0, 0.1) is 5.41 Å². The van der Waals surface area contributed by atoms with Crippen molar-refractivity contribution < 1.29 is 9.53 Å². The highest BCUT2D eigenvalue weighted by Gasteiger charge is 2.03. The van der Waals surface area contributed by atoms with E-state index in [4.69, 9.17) is 10.1 Å². The van der Waals surface area contributed by atoms with E-state index in [9.17, 15) is 4.79 Å². The second-order valence-electron chi connectivity index (χ2n) is 3.53. The lowest BCUT2D eigenvalue weighted by atomic mass is 10.2. The fourth-order valence-electron chi connectivity index (χ4n) is 1.30. The molecule has 5 heteroatoms. The van der Waals surface area contributed by atoms with E-state index < -0.39 is 0 Å². The first-order chi connectivity index (χ1) is 8.71. The molecule has 1 aromatic rings. The minimum atomic E-state index is -0.118. The maximum absolute atomic E-state index is 11.3. The smallest absolute Gasteiger partial charge is 0.176 e. The van der Waals surface area contributed by atoms with Crippen molar-refractivity contribution in [1.29, 1.82) is 5.41 Å². The third-order valence-corrected chi connectivity index (χ3v) is 2.83. The number of rotatable bonds is 7. The van der Waals surface area contributed by atoms with Crippen LogP contribution in [0.15, 0.2) is 36.0 Å². The van der Waals surface area contributed by atoms with Crippen LogP contribution in [0.2, 0.25) is 0 Å². The summed E-state index contributed by atoms with van der Waals surface area (Å²) in [6.07, 6.45) is 2.60. The van der Waals surface area contributed by atoms with E-state index >= 15 is 0 Å². The fourth-order valence-corrected chi connectivity index (χ4v) is 1.63. The van der Waals surface area contributed by atoms with Gasteiger partial charge in [0.2, 0.25) is 0 Å². The van der Waals surface area contributed by atoms with E-state index in [-0.39, 0.29) is 11.1 Å². The number of carbonyl (C=O) groups is 1. The van der Waals surface area contributed by atoms with Crippen LogP contribution in [0.25, 0.3) is 0 Å². The second-order valence-corrected chi connectivity index (χ2v) is 4.09. The Morgan fingerprint density at radius 1 is 1.44 bits per heavy atom. The summed E-state index contributed by atoms with van der Waals surface area (Å²) in [6, 6.07) is 7.63. The average Bonchev–Trinajstić information content (AvgIpc) is 2.43. The SMILES string of the molecule is COc1ccc(CN/C=C(\C=N)C(=O)CBr)cc1. The van der Waals surface area contributed by atoms with E-state index in [1.165, 1.54) is 0 Å². The Labute approximate surface area is 115 Å². The van der Waals surface area contributed by atoms with Gasteiger partial charge in [0.15, 0.2) is 5.78 Å². The zero-order valence-electron chi connectivity index (χ0n) is 10.1. The van der Waals surface area contributed by atoms with Gasteiger partial charge in [0, 0.05) is 19.0 Å². The van der Waals surface area contributed by atoms with E-state index in [2.05, 4.69) is 21.2 Å². The second kappa shape index (κ2) is 7.66. The maximum Gasteiger partial charge on any atom is 0.176 e. The van der Waals surface area contributed by atoms with Crippen molar-refractivity contribution in [2.24, 2.45) is 0 Å². The Balaban J connectivity index is 2.56.